The second-order valence-corrected chi connectivity index (χ2v) is 12.7. The Kier molecular flexibility index (Phi) is 13.9. The van der Waals surface area contributed by atoms with E-state index in [2.05, 4.69) is 65.1 Å². The summed E-state index contributed by atoms with van der Waals surface area (Å²) in [5.41, 5.74) is 2.42. The van der Waals surface area contributed by atoms with Crippen LogP contribution in [0.25, 0.3) is 0 Å². The van der Waals surface area contributed by atoms with E-state index in [-0.39, 0.29) is 46.5 Å². The van der Waals surface area contributed by atoms with Gasteiger partial charge in [0.1, 0.15) is 5.75 Å². The fourth-order valence-electron chi connectivity index (χ4n) is 2.07. The molecule has 0 saturated carbocycles. The van der Waals surface area contributed by atoms with Crippen molar-refractivity contribution in [2.45, 2.75) is 59.2 Å². The van der Waals surface area contributed by atoms with Crippen LogP contribution in [-0.4, -0.2) is 13.2 Å². The van der Waals surface area contributed by atoms with E-state index < -0.39 is 8.07 Å². The van der Waals surface area contributed by atoms with Gasteiger partial charge in [0.2, 0.25) is 0 Å². The quantitative estimate of drug-likeness (QED) is 0.438. The molecule has 0 radical (unpaired) electrons. The van der Waals surface area contributed by atoms with Crippen molar-refractivity contribution in [3.8, 4) is 5.75 Å². The summed E-state index contributed by atoms with van der Waals surface area (Å²) in [5, 5.41) is 11.3. The maximum absolute atomic E-state index is 9.65. The van der Waals surface area contributed by atoms with Gasteiger partial charge in [-0.1, -0.05) is 52.0 Å². The van der Waals surface area contributed by atoms with Crippen molar-refractivity contribution in [2.24, 2.45) is 0 Å². The maximum atomic E-state index is 9.65. The minimum absolute atomic E-state index is 0. The average Bonchev–Trinajstić information content (AvgIpc) is 2.78. The third kappa shape index (κ3) is 8.40. The molecule has 1 nitrogen and oxygen atoms in total. The molecule has 0 spiro atoms. The number of phenolic OH excluding ortho intramolecular Hbond substituents is 1. The van der Waals surface area contributed by atoms with E-state index in [9.17, 15) is 5.11 Å². The predicted molar refractivity (Wildman–Crippen MR) is 110 cm³/mol. The van der Waals surface area contributed by atoms with Crippen molar-refractivity contribution < 1.29 is 26.8 Å². The van der Waals surface area contributed by atoms with Gasteiger partial charge in [-0.25, -0.2) is 11.6 Å². The number of hydrogen-bond acceptors (Lipinski definition) is 1. The predicted octanol–water partition coefficient (Wildman–Crippen LogP) is 5.95. The molecule has 0 aromatic heterocycles. The molecule has 0 heterocycles. The molecule has 1 N–H and O–H groups in total. The van der Waals surface area contributed by atoms with Crippen molar-refractivity contribution in [3.05, 3.63) is 47.6 Å². The first kappa shape index (κ1) is 28.8. The van der Waals surface area contributed by atoms with Gasteiger partial charge in [0.05, 0.1) is 8.07 Å². The number of phenols is 1. The Bertz CT molecular complexity index is 538. The molecule has 0 fully saturated rings. The van der Waals surface area contributed by atoms with Crippen LogP contribution in [0.5, 0.6) is 5.75 Å². The molecule has 0 bridgehead atoms. The number of benzene rings is 1. The van der Waals surface area contributed by atoms with Crippen molar-refractivity contribution >= 4 is 38.1 Å². The van der Waals surface area contributed by atoms with E-state index in [1.807, 2.05) is 19.1 Å². The van der Waals surface area contributed by atoms with Crippen molar-refractivity contribution in [2.75, 3.05) is 0 Å². The Morgan fingerprint density at radius 2 is 1.58 bits per heavy atom. The van der Waals surface area contributed by atoms with Crippen LogP contribution < -0.4 is 5.19 Å². The van der Waals surface area contributed by atoms with Gasteiger partial charge in [-0.15, -0.1) is 31.2 Å². The van der Waals surface area contributed by atoms with Gasteiger partial charge in [-0.3, -0.25) is 6.08 Å². The summed E-state index contributed by atoms with van der Waals surface area (Å²) in [5.74, 6) is 0.398. The van der Waals surface area contributed by atoms with Gasteiger partial charge >= 0.3 is 0 Å². The first-order chi connectivity index (χ1) is 9.54. The fraction of sp³-hybridized carbons (Fsp3) is 0.474. The van der Waals surface area contributed by atoms with Crippen molar-refractivity contribution in [1.82, 2.24) is 0 Å². The van der Waals surface area contributed by atoms with Crippen LogP contribution >= 0.6 is 24.8 Å². The maximum Gasteiger partial charge on any atom is 0.115 e. The average molecular weight is 422 g/mol. The van der Waals surface area contributed by atoms with Crippen LogP contribution in [-0.2, 0) is 21.7 Å². The van der Waals surface area contributed by atoms with Crippen molar-refractivity contribution in [1.29, 1.82) is 0 Å². The third-order valence-electron chi connectivity index (χ3n) is 4.53. The molecule has 0 amide bonds. The van der Waals surface area contributed by atoms with Gasteiger partial charge in [0.15, 0.2) is 0 Å². The van der Waals surface area contributed by atoms with Crippen LogP contribution in [0.1, 0.15) is 39.7 Å². The molecule has 136 valence electrons. The second kappa shape index (κ2) is 11.6. The minimum atomic E-state index is -1.50. The zero-order valence-corrected chi connectivity index (χ0v) is 20.1. The van der Waals surface area contributed by atoms with Crippen molar-refractivity contribution in [3.63, 3.8) is 0 Å². The van der Waals surface area contributed by atoms with Crippen LogP contribution in [0, 0.1) is 13.0 Å². The van der Waals surface area contributed by atoms with Gasteiger partial charge < -0.3 is 5.11 Å². The summed E-state index contributed by atoms with van der Waals surface area (Å²) >= 11 is 0. The fourth-order valence-corrected chi connectivity index (χ4v) is 4.03. The van der Waals surface area contributed by atoms with E-state index in [1.54, 1.807) is 0 Å². The topological polar surface area (TPSA) is 20.2 Å². The van der Waals surface area contributed by atoms with E-state index in [4.69, 9.17) is 0 Å². The first-order valence-electron chi connectivity index (χ1n) is 7.59. The first-order valence-corrected chi connectivity index (χ1v) is 10.6. The monoisotopic (exact) mass is 421 g/mol. The molecular weight excluding hydrogens is 391 g/mol. The number of aromatic hydroxyl groups is 1. The minimum Gasteiger partial charge on any atom is -0.508 e. The smallest absolute Gasteiger partial charge is 0.115 e. The standard InChI is InChI=1S/C13H22OSi.C6H7.2ClH.Ti/c1-10-7-11(14)9-12(8-10)15(5,6)13(2,3)4;1-6-4-2-3-5-6;;;/h7-9,14H,1-6H3;2,4H,3H2,1H3;2*1H;/q;-1;;;. The summed E-state index contributed by atoms with van der Waals surface area (Å²) < 4.78 is 0. The zero-order chi connectivity index (χ0) is 16.3. The van der Waals surface area contributed by atoms with Crippen LogP contribution in [0.4, 0.5) is 0 Å². The van der Waals surface area contributed by atoms with Crippen LogP contribution in [0.15, 0.2) is 35.9 Å². The molecule has 1 aromatic rings. The molecule has 0 unspecified atom stereocenters. The Balaban J connectivity index is -0.000000420. The number of rotatable bonds is 1. The summed E-state index contributed by atoms with van der Waals surface area (Å²) in [6.45, 7) is 15.7. The molecule has 1 aliphatic rings. The summed E-state index contributed by atoms with van der Waals surface area (Å²) in [7, 11) is -1.50. The Hall–Kier alpha value is 0.0112. The Morgan fingerprint density at radius 1 is 1.04 bits per heavy atom. The van der Waals surface area contributed by atoms with Gasteiger partial charge in [0.25, 0.3) is 0 Å². The number of allylic oxidation sites excluding steroid dienone is 4. The summed E-state index contributed by atoms with van der Waals surface area (Å²) in [6, 6.07) is 5.97. The molecule has 0 atom stereocenters. The molecule has 1 aromatic carbocycles. The van der Waals surface area contributed by atoms with E-state index in [0.717, 1.165) is 12.0 Å². The Labute approximate surface area is 176 Å². The van der Waals surface area contributed by atoms with E-state index in [1.165, 1.54) is 10.8 Å². The van der Waals surface area contributed by atoms with Gasteiger partial charge in [-0.2, -0.15) is 6.08 Å². The molecule has 24 heavy (non-hydrogen) atoms. The molecule has 5 heteroatoms. The number of aryl methyl sites for hydroxylation is 1. The molecular formula is C19H31Cl2OSiTi-. The van der Waals surface area contributed by atoms with E-state index in [0.29, 0.717) is 10.8 Å². The number of halogens is 2. The second-order valence-electron chi connectivity index (χ2n) is 7.40. The zero-order valence-electron chi connectivity index (χ0n) is 15.9. The van der Waals surface area contributed by atoms with Crippen LogP contribution in [0.2, 0.25) is 18.1 Å². The van der Waals surface area contributed by atoms with Crippen LogP contribution in [0.3, 0.4) is 0 Å². The normalized spacial score (nSPS) is 12.7. The van der Waals surface area contributed by atoms with Gasteiger partial charge in [-0.05, 0) is 29.7 Å². The molecule has 0 saturated heterocycles. The molecule has 2 rings (SSSR count). The third-order valence-corrected chi connectivity index (χ3v) is 10.0. The summed E-state index contributed by atoms with van der Waals surface area (Å²) in [4.78, 5) is 0. The summed E-state index contributed by atoms with van der Waals surface area (Å²) in [6.07, 6.45) is 8.33. The van der Waals surface area contributed by atoms with E-state index >= 15 is 0 Å². The molecule has 1 aliphatic carbocycles. The Morgan fingerprint density at radius 3 is 1.88 bits per heavy atom. The number of hydrogen-bond donors (Lipinski definition) is 1. The molecule has 0 aliphatic heterocycles. The van der Waals surface area contributed by atoms with Gasteiger partial charge in [0, 0.05) is 21.7 Å². The largest absolute Gasteiger partial charge is 0.508 e. The SMILES string of the molecule is CC1=[C-]CC=C1.Cc1cc(O)cc([Si](C)(C)C(C)(C)C)c1.Cl.Cl.[Ti].